The van der Waals surface area contributed by atoms with Crippen LogP contribution in [0.4, 0.5) is 11.4 Å². The van der Waals surface area contributed by atoms with Crippen molar-refractivity contribution in [2.45, 2.75) is 17.9 Å². The summed E-state index contributed by atoms with van der Waals surface area (Å²) in [6.45, 7) is 1.27. The minimum absolute atomic E-state index is 0.00457. The van der Waals surface area contributed by atoms with E-state index in [1.165, 1.54) is 44.4 Å². The Morgan fingerprint density at radius 3 is 2.54 bits per heavy atom. The molecule has 0 fully saturated rings. The summed E-state index contributed by atoms with van der Waals surface area (Å²) >= 11 is 0. The van der Waals surface area contributed by atoms with Crippen molar-refractivity contribution < 1.29 is 27.7 Å². The molecule has 0 radical (unpaired) electrons. The van der Waals surface area contributed by atoms with E-state index in [2.05, 4.69) is 5.32 Å². The number of non-ortho nitro benzene ring substituents is 1. The van der Waals surface area contributed by atoms with Gasteiger partial charge in [-0.2, -0.15) is 0 Å². The number of nitrogens with one attached hydrogen (secondary N) is 1. The van der Waals surface area contributed by atoms with Crippen molar-refractivity contribution in [3.05, 3.63) is 58.1 Å². The van der Waals surface area contributed by atoms with E-state index >= 15 is 0 Å². The number of ether oxygens (including phenoxy) is 1. The number of carbonyl (C=O) groups excluding carboxylic acids is 2. The molecule has 1 aliphatic rings. The van der Waals surface area contributed by atoms with Crippen molar-refractivity contribution in [2.24, 2.45) is 0 Å². The van der Waals surface area contributed by atoms with E-state index in [-0.39, 0.29) is 27.6 Å². The van der Waals surface area contributed by atoms with Gasteiger partial charge in [0.1, 0.15) is 16.7 Å². The van der Waals surface area contributed by atoms with Gasteiger partial charge in [0.25, 0.3) is 21.6 Å². The number of nitrogens with zero attached hydrogens (tertiary/aromatic N) is 2. The Balaban J connectivity index is 1.89. The first-order valence-corrected chi connectivity index (χ1v) is 9.43. The minimum atomic E-state index is -4.16. The number of hydrogen-bond donors (Lipinski definition) is 1. The number of nitro benzene ring substituents is 1. The number of fused-ring (bicyclic) bond motifs is 1. The molecule has 2 aromatic carbocycles. The molecule has 0 bridgehead atoms. The Morgan fingerprint density at radius 2 is 1.93 bits per heavy atom. The van der Waals surface area contributed by atoms with Crippen LogP contribution in [0.25, 0.3) is 0 Å². The zero-order valence-electron chi connectivity index (χ0n) is 14.8. The van der Waals surface area contributed by atoms with Crippen LogP contribution in [0.3, 0.4) is 0 Å². The molecule has 0 unspecified atom stereocenters. The van der Waals surface area contributed by atoms with Gasteiger partial charge < -0.3 is 10.1 Å². The van der Waals surface area contributed by atoms with E-state index in [1.54, 1.807) is 0 Å². The van der Waals surface area contributed by atoms with Crippen molar-refractivity contribution in [3.8, 4) is 5.75 Å². The van der Waals surface area contributed by atoms with Crippen LogP contribution in [-0.2, 0) is 14.8 Å². The molecule has 0 aromatic heterocycles. The Morgan fingerprint density at radius 1 is 1.25 bits per heavy atom. The Labute approximate surface area is 159 Å². The summed E-state index contributed by atoms with van der Waals surface area (Å²) in [5, 5.41) is 13.3. The van der Waals surface area contributed by atoms with E-state index in [4.69, 9.17) is 4.74 Å². The average Bonchev–Trinajstić information content (AvgIpc) is 2.87. The first-order valence-electron chi connectivity index (χ1n) is 7.99. The van der Waals surface area contributed by atoms with Gasteiger partial charge in [-0.15, -0.1) is 0 Å². The number of benzene rings is 2. The molecular weight excluding hydrogens is 390 g/mol. The third kappa shape index (κ3) is 3.05. The van der Waals surface area contributed by atoms with Gasteiger partial charge in [0.05, 0.1) is 29.4 Å². The van der Waals surface area contributed by atoms with Crippen molar-refractivity contribution >= 4 is 33.2 Å². The molecule has 28 heavy (non-hydrogen) atoms. The Kier molecular flexibility index (Phi) is 4.77. The molecule has 10 nitrogen and oxygen atoms in total. The number of sulfonamides is 1. The molecular formula is C17H15N3O7S. The van der Waals surface area contributed by atoms with E-state index < -0.39 is 32.8 Å². The fourth-order valence-corrected chi connectivity index (χ4v) is 4.55. The molecule has 2 aromatic rings. The van der Waals surface area contributed by atoms with Gasteiger partial charge in [0.2, 0.25) is 5.91 Å². The molecule has 1 atom stereocenters. The lowest BCUT2D eigenvalue weighted by atomic mass is 10.2. The van der Waals surface area contributed by atoms with Crippen molar-refractivity contribution in [2.75, 3.05) is 12.4 Å². The summed E-state index contributed by atoms with van der Waals surface area (Å²) in [7, 11) is -2.90. The molecule has 0 spiro atoms. The largest absolute Gasteiger partial charge is 0.494 e. The Bertz CT molecular complexity index is 1100. The molecule has 1 aliphatic heterocycles. The second kappa shape index (κ2) is 6.93. The van der Waals surface area contributed by atoms with Crippen LogP contribution in [0.2, 0.25) is 0 Å². The maximum absolute atomic E-state index is 12.7. The summed E-state index contributed by atoms with van der Waals surface area (Å²) in [6, 6.07) is 7.87. The normalized spacial score (nSPS) is 15.6. The van der Waals surface area contributed by atoms with Crippen LogP contribution in [0.5, 0.6) is 5.75 Å². The number of hydrogen-bond acceptors (Lipinski definition) is 7. The SMILES string of the molecule is COc1cc([N+](=O)[O-])ccc1NC(=O)[C@H](C)N1C(=O)c2ccccc2S1(=O)=O. The highest BCUT2D eigenvalue weighted by Crippen LogP contribution is 2.33. The monoisotopic (exact) mass is 405 g/mol. The molecule has 3 rings (SSSR count). The van der Waals surface area contributed by atoms with Gasteiger partial charge in [-0.25, -0.2) is 12.7 Å². The zero-order valence-corrected chi connectivity index (χ0v) is 15.6. The third-order valence-corrected chi connectivity index (χ3v) is 6.15. The molecule has 11 heteroatoms. The lowest BCUT2D eigenvalue weighted by molar-refractivity contribution is -0.384. The van der Waals surface area contributed by atoms with E-state index in [0.29, 0.717) is 4.31 Å². The lowest BCUT2D eigenvalue weighted by Crippen LogP contribution is -2.45. The van der Waals surface area contributed by atoms with E-state index in [9.17, 15) is 28.1 Å². The molecule has 1 heterocycles. The van der Waals surface area contributed by atoms with Crippen LogP contribution >= 0.6 is 0 Å². The van der Waals surface area contributed by atoms with Crippen LogP contribution in [0.1, 0.15) is 17.3 Å². The zero-order chi connectivity index (χ0) is 20.6. The van der Waals surface area contributed by atoms with Gasteiger partial charge in [-0.05, 0) is 25.1 Å². The minimum Gasteiger partial charge on any atom is -0.494 e. The molecule has 146 valence electrons. The summed E-state index contributed by atoms with van der Waals surface area (Å²) < 4.78 is 30.9. The summed E-state index contributed by atoms with van der Waals surface area (Å²) in [4.78, 5) is 35.2. The lowest BCUT2D eigenvalue weighted by Gasteiger charge is -2.22. The van der Waals surface area contributed by atoms with E-state index in [1.807, 2.05) is 0 Å². The smallest absolute Gasteiger partial charge is 0.273 e. The predicted molar refractivity (Wildman–Crippen MR) is 97.5 cm³/mol. The van der Waals surface area contributed by atoms with Crippen LogP contribution in [-0.4, -0.2) is 42.6 Å². The van der Waals surface area contributed by atoms with Crippen LogP contribution in [0.15, 0.2) is 47.4 Å². The number of nitro groups is 1. The number of amides is 2. The van der Waals surface area contributed by atoms with Crippen molar-refractivity contribution in [3.63, 3.8) is 0 Å². The standard InChI is InChI=1S/C17H15N3O7S/c1-10(19-17(22)12-5-3-4-6-15(12)28(19,25)26)16(21)18-13-8-7-11(20(23)24)9-14(13)27-2/h3-10H,1-2H3,(H,18,21)/t10-/m0/s1. The highest BCUT2D eigenvalue weighted by molar-refractivity contribution is 7.90. The van der Waals surface area contributed by atoms with Gasteiger partial charge in [0, 0.05) is 6.07 Å². The molecule has 0 saturated carbocycles. The maximum Gasteiger partial charge on any atom is 0.273 e. The topological polar surface area (TPSA) is 136 Å². The number of anilines is 1. The van der Waals surface area contributed by atoms with Crippen LogP contribution in [0, 0.1) is 10.1 Å². The summed E-state index contributed by atoms with van der Waals surface area (Å²) in [5.41, 5.74) is -0.141. The predicted octanol–water partition coefficient (Wildman–Crippen LogP) is 1.78. The van der Waals surface area contributed by atoms with Gasteiger partial charge >= 0.3 is 0 Å². The molecule has 1 N–H and O–H groups in total. The highest BCUT2D eigenvalue weighted by Gasteiger charge is 2.45. The van der Waals surface area contributed by atoms with Crippen molar-refractivity contribution in [1.82, 2.24) is 4.31 Å². The number of carbonyl (C=O) groups is 2. The van der Waals surface area contributed by atoms with Gasteiger partial charge in [0.15, 0.2) is 0 Å². The fourth-order valence-electron chi connectivity index (χ4n) is 2.83. The maximum atomic E-state index is 12.7. The molecule has 0 aliphatic carbocycles. The number of rotatable bonds is 5. The first-order chi connectivity index (χ1) is 13.2. The van der Waals surface area contributed by atoms with Crippen LogP contribution < -0.4 is 10.1 Å². The van der Waals surface area contributed by atoms with E-state index in [0.717, 1.165) is 12.1 Å². The third-order valence-electron chi connectivity index (χ3n) is 4.24. The molecule has 2 amide bonds. The fraction of sp³-hybridized carbons (Fsp3) is 0.176. The first kappa shape index (κ1) is 19.3. The van der Waals surface area contributed by atoms with Crippen molar-refractivity contribution in [1.29, 1.82) is 0 Å². The summed E-state index contributed by atoms with van der Waals surface area (Å²) in [5.74, 6) is -1.57. The quantitative estimate of drug-likeness (QED) is 0.591. The number of methoxy groups -OCH3 is 1. The second-order valence-corrected chi connectivity index (χ2v) is 7.69. The summed E-state index contributed by atoms with van der Waals surface area (Å²) in [6.07, 6.45) is 0. The highest BCUT2D eigenvalue weighted by atomic mass is 32.2. The average molecular weight is 405 g/mol. The second-order valence-electron chi connectivity index (χ2n) is 5.91. The van der Waals surface area contributed by atoms with Gasteiger partial charge in [-0.1, -0.05) is 12.1 Å². The molecule has 0 saturated heterocycles. The Hall–Kier alpha value is -3.47. The van der Waals surface area contributed by atoms with Gasteiger partial charge in [-0.3, -0.25) is 19.7 Å².